The Morgan fingerprint density at radius 2 is 1.67 bits per heavy atom. The molecule has 0 atom stereocenters. The molecule has 0 N–H and O–H groups in total. The third-order valence-corrected chi connectivity index (χ3v) is 5.78. The Morgan fingerprint density at radius 1 is 0.933 bits per heavy atom. The van der Waals surface area contributed by atoms with E-state index < -0.39 is 0 Å². The molecule has 0 saturated heterocycles. The van der Waals surface area contributed by atoms with Crippen LogP contribution in [0.5, 0.6) is 17.2 Å². The zero-order valence-corrected chi connectivity index (χ0v) is 17.8. The number of hydrogen-bond acceptors (Lipinski definition) is 6. The molecule has 2 aromatic carbocycles. The summed E-state index contributed by atoms with van der Waals surface area (Å²) >= 11 is 0. The number of aryl methyl sites for hydroxylation is 1. The van der Waals surface area contributed by atoms with Gasteiger partial charge in [0.15, 0.2) is 17.1 Å². The van der Waals surface area contributed by atoms with Crippen LogP contribution in [0.4, 0.5) is 0 Å². The molecule has 4 rings (SSSR count). The van der Waals surface area contributed by atoms with Crippen LogP contribution >= 0.6 is 0 Å². The van der Waals surface area contributed by atoms with Gasteiger partial charge in [0, 0.05) is 25.7 Å². The van der Waals surface area contributed by atoms with Crippen molar-refractivity contribution in [2.75, 3.05) is 34.4 Å². The van der Waals surface area contributed by atoms with E-state index in [1.807, 2.05) is 12.1 Å². The van der Waals surface area contributed by atoms with Gasteiger partial charge in [-0.3, -0.25) is 9.47 Å². The van der Waals surface area contributed by atoms with Crippen molar-refractivity contribution in [2.45, 2.75) is 32.4 Å². The van der Waals surface area contributed by atoms with Gasteiger partial charge in [-0.15, -0.1) is 0 Å². The molecule has 0 amide bonds. The molecule has 0 saturated carbocycles. The van der Waals surface area contributed by atoms with E-state index in [4.69, 9.17) is 18.6 Å². The molecule has 7 heteroatoms. The van der Waals surface area contributed by atoms with Crippen molar-refractivity contribution in [3.8, 4) is 17.2 Å². The van der Waals surface area contributed by atoms with E-state index in [1.54, 1.807) is 32.0 Å². The van der Waals surface area contributed by atoms with Gasteiger partial charge in [-0.1, -0.05) is 0 Å². The van der Waals surface area contributed by atoms with Crippen LogP contribution in [0.25, 0.3) is 11.1 Å². The van der Waals surface area contributed by atoms with Gasteiger partial charge < -0.3 is 18.6 Å². The van der Waals surface area contributed by atoms with Gasteiger partial charge in [-0.25, -0.2) is 4.79 Å². The smallest absolute Gasteiger partial charge is 0.419 e. The Kier molecular flexibility index (Phi) is 5.99. The number of unbranched alkanes of at least 4 members (excludes halogenated alkanes) is 1. The fourth-order valence-corrected chi connectivity index (χ4v) is 4.12. The number of hydrogen-bond donors (Lipinski definition) is 0. The average Bonchev–Trinajstić information content (AvgIpc) is 3.09. The van der Waals surface area contributed by atoms with Gasteiger partial charge in [0.25, 0.3) is 0 Å². The summed E-state index contributed by atoms with van der Waals surface area (Å²) in [5.74, 6) is 1.94. The lowest BCUT2D eigenvalue weighted by atomic mass is 9.98. The van der Waals surface area contributed by atoms with E-state index in [9.17, 15) is 4.79 Å². The Labute approximate surface area is 175 Å². The molecule has 1 aliphatic rings. The summed E-state index contributed by atoms with van der Waals surface area (Å²) in [4.78, 5) is 14.7. The SMILES string of the molecule is COc1ccc2c(c1)oc(=O)n2CCCCN1CCc2cc(OC)c(OC)cc2C1. The Balaban J connectivity index is 1.34. The van der Waals surface area contributed by atoms with E-state index in [2.05, 4.69) is 17.0 Å². The van der Waals surface area contributed by atoms with Gasteiger partial charge in [0.2, 0.25) is 0 Å². The second-order valence-corrected chi connectivity index (χ2v) is 7.56. The maximum absolute atomic E-state index is 12.2. The minimum absolute atomic E-state index is 0.314. The number of oxazole rings is 1. The van der Waals surface area contributed by atoms with Crippen molar-refractivity contribution in [2.24, 2.45) is 0 Å². The second kappa shape index (κ2) is 8.83. The Morgan fingerprint density at radius 3 is 2.40 bits per heavy atom. The molecule has 0 radical (unpaired) electrons. The first-order valence-corrected chi connectivity index (χ1v) is 10.3. The van der Waals surface area contributed by atoms with E-state index in [1.165, 1.54) is 11.1 Å². The molecule has 160 valence electrons. The molecule has 1 aliphatic heterocycles. The third kappa shape index (κ3) is 4.03. The quantitative estimate of drug-likeness (QED) is 0.528. The number of benzene rings is 2. The minimum Gasteiger partial charge on any atom is -0.497 e. The summed E-state index contributed by atoms with van der Waals surface area (Å²) in [6, 6.07) is 9.66. The summed E-state index contributed by atoms with van der Waals surface area (Å²) in [5.41, 5.74) is 4.01. The highest BCUT2D eigenvalue weighted by Gasteiger charge is 2.19. The first-order valence-electron chi connectivity index (χ1n) is 10.3. The Hall–Kier alpha value is -2.93. The lowest BCUT2D eigenvalue weighted by Crippen LogP contribution is -2.31. The molecule has 7 nitrogen and oxygen atoms in total. The topological polar surface area (TPSA) is 66.1 Å². The Bertz CT molecular complexity index is 1090. The standard InChI is InChI=1S/C23H28N2O5/c1-27-18-6-7-19-20(14-18)30-23(26)25(19)10-5-4-9-24-11-8-16-12-21(28-2)22(29-3)13-17(16)15-24/h6-7,12-14H,4-5,8-11,15H2,1-3H3. The van der Waals surface area contributed by atoms with E-state index >= 15 is 0 Å². The van der Waals surface area contributed by atoms with Gasteiger partial charge in [0.1, 0.15) is 5.75 Å². The molecule has 30 heavy (non-hydrogen) atoms. The third-order valence-electron chi connectivity index (χ3n) is 5.78. The minimum atomic E-state index is -0.314. The molecule has 0 spiro atoms. The zero-order chi connectivity index (χ0) is 21.1. The van der Waals surface area contributed by atoms with Crippen LogP contribution in [0.15, 0.2) is 39.5 Å². The maximum Gasteiger partial charge on any atom is 0.419 e. The van der Waals surface area contributed by atoms with Crippen LogP contribution in [0.3, 0.4) is 0 Å². The lowest BCUT2D eigenvalue weighted by molar-refractivity contribution is 0.245. The molecule has 0 bridgehead atoms. The van der Waals surface area contributed by atoms with Crippen molar-refractivity contribution < 1.29 is 18.6 Å². The van der Waals surface area contributed by atoms with Crippen molar-refractivity contribution in [3.05, 3.63) is 52.0 Å². The highest BCUT2D eigenvalue weighted by molar-refractivity contribution is 5.74. The molecule has 0 fully saturated rings. The second-order valence-electron chi connectivity index (χ2n) is 7.56. The number of aromatic nitrogens is 1. The highest BCUT2D eigenvalue weighted by Crippen LogP contribution is 2.33. The molecule has 0 aliphatic carbocycles. The van der Waals surface area contributed by atoms with Gasteiger partial charge in [-0.05, 0) is 61.2 Å². The molecule has 0 unspecified atom stereocenters. The molecule has 3 aromatic rings. The van der Waals surface area contributed by atoms with Crippen molar-refractivity contribution >= 4 is 11.1 Å². The number of ether oxygens (including phenoxy) is 3. The molecular weight excluding hydrogens is 384 g/mol. The van der Waals surface area contributed by atoms with Crippen LogP contribution in [-0.4, -0.2) is 43.9 Å². The fraction of sp³-hybridized carbons (Fsp3) is 0.435. The van der Waals surface area contributed by atoms with Gasteiger partial charge in [0.05, 0.1) is 26.8 Å². The first-order chi connectivity index (χ1) is 14.6. The first kappa shape index (κ1) is 20.3. The largest absolute Gasteiger partial charge is 0.497 e. The van der Waals surface area contributed by atoms with Crippen LogP contribution in [-0.2, 0) is 19.5 Å². The zero-order valence-electron chi connectivity index (χ0n) is 17.8. The predicted molar refractivity (Wildman–Crippen MR) is 115 cm³/mol. The summed E-state index contributed by atoms with van der Waals surface area (Å²) in [6.45, 7) is 3.57. The molecule has 1 aromatic heterocycles. The van der Waals surface area contributed by atoms with Crippen LogP contribution in [0, 0.1) is 0 Å². The van der Waals surface area contributed by atoms with Crippen molar-refractivity contribution in [1.82, 2.24) is 9.47 Å². The lowest BCUT2D eigenvalue weighted by Gasteiger charge is -2.29. The van der Waals surface area contributed by atoms with E-state index in [0.717, 1.165) is 55.9 Å². The summed E-state index contributed by atoms with van der Waals surface area (Å²) in [5, 5.41) is 0. The summed E-state index contributed by atoms with van der Waals surface area (Å²) in [6.07, 6.45) is 2.93. The van der Waals surface area contributed by atoms with Crippen LogP contribution in [0.2, 0.25) is 0 Å². The number of rotatable bonds is 8. The van der Waals surface area contributed by atoms with Gasteiger partial charge in [-0.2, -0.15) is 0 Å². The van der Waals surface area contributed by atoms with Crippen molar-refractivity contribution in [1.29, 1.82) is 0 Å². The van der Waals surface area contributed by atoms with Crippen molar-refractivity contribution in [3.63, 3.8) is 0 Å². The molecular formula is C23H28N2O5. The van der Waals surface area contributed by atoms with Crippen LogP contribution in [0.1, 0.15) is 24.0 Å². The average molecular weight is 412 g/mol. The maximum atomic E-state index is 12.2. The number of fused-ring (bicyclic) bond motifs is 2. The van der Waals surface area contributed by atoms with E-state index in [-0.39, 0.29) is 5.76 Å². The summed E-state index contributed by atoms with van der Waals surface area (Å²) in [7, 11) is 4.94. The van der Waals surface area contributed by atoms with Gasteiger partial charge >= 0.3 is 5.76 Å². The highest BCUT2D eigenvalue weighted by atomic mass is 16.5. The predicted octanol–water partition coefficient (Wildman–Crippen LogP) is 3.46. The monoisotopic (exact) mass is 412 g/mol. The number of nitrogens with zero attached hydrogens (tertiary/aromatic N) is 2. The van der Waals surface area contributed by atoms with E-state index in [0.29, 0.717) is 17.9 Å². The molecule has 2 heterocycles. The fourth-order valence-electron chi connectivity index (χ4n) is 4.12. The van der Waals surface area contributed by atoms with Crippen LogP contribution < -0.4 is 20.0 Å². The normalized spacial score (nSPS) is 14.0. The summed E-state index contributed by atoms with van der Waals surface area (Å²) < 4.78 is 23.1. The number of methoxy groups -OCH3 is 3.